The SMILES string of the molecule is Cn1ncc(C#N)c1NC(=O)CCOc1ccccc1. The van der Waals surface area contributed by atoms with E-state index in [4.69, 9.17) is 10.00 Å². The van der Waals surface area contributed by atoms with Gasteiger partial charge in [0.15, 0.2) is 0 Å². The summed E-state index contributed by atoms with van der Waals surface area (Å²) in [7, 11) is 1.66. The Hall–Kier alpha value is -2.81. The zero-order valence-electron chi connectivity index (χ0n) is 11.0. The Morgan fingerprint density at radius 2 is 2.20 bits per heavy atom. The van der Waals surface area contributed by atoms with E-state index in [1.807, 2.05) is 36.4 Å². The molecule has 0 radical (unpaired) electrons. The van der Waals surface area contributed by atoms with Gasteiger partial charge in [0.1, 0.15) is 23.2 Å². The first-order chi connectivity index (χ1) is 9.70. The maximum absolute atomic E-state index is 11.8. The van der Waals surface area contributed by atoms with Gasteiger partial charge in [-0.05, 0) is 12.1 Å². The lowest BCUT2D eigenvalue weighted by molar-refractivity contribution is -0.116. The van der Waals surface area contributed by atoms with Crippen molar-refractivity contribution in [1.82, 2.24) is 9.78 Å². The van der Waals surface area contributed by atoms with E-state index < -0.39 is 0 Å². The summed E-state index contributed by atoms with van der Waals surface area (Å²) in [5.74, 6) is 0.900. The van der Waals surface area contributed by atoms with Crippen molar-refractivity contribution in [2.45, 2.75) is 6.42 Å². The number of rotatable bonds is 5. The van der Waals surface area contributed by atoms with Crippen LogP contribution in [0.15, 0.2) is 36.5 Å². The van der Waals surface area contributed by atoms with Crippen molar-refractivity contribution in [2.24, 2.45) is 7.05 Å². The van der Waals surface area contributed by atoms with Gasteiger partial charge in [0, 0.05) is 7.05 Å². The van der Waals surface area contributed by atoms with Gasteiger partial charge >= 0.3 is 0 Å². The summed E-state index contributed by atoms with van der Waals surface area (Å²) in [6.45, 7) is 0.273. The summed E-state index contributed by atoms with van der Waals surface area (Å²) < 4.78 is 6.89. The average Bonchev–Trinajstić information content (AvgIpc) is 2.81. The molecular weight excluding hydrogens is 256 g/mol. The highest BCUT2D eigenvalue weighted by Crippen LogP contribution is 2.13. The number of carbonyl (C=O) groups is 1. The van der Waals surface area contributed by atoms with Crippen molar-refractivity contribution < 1.29 is 9.53 Å². The number of anilines is 1. The molecule has 6 nitrogen and oxygen atoms in total. The molecule has 0 atom stereocenters. The molecular formula is C14H14N4O2. The van der Waals surface area contributed by atoms with Crippen LogP contribution in [0.3, 0.4) is 0 Å². The number of carbonyl (C=O) groups excluding carboxylic acids is 1. The van der Waals surface area contributed by atoms with Gasteiger partial charge in [-0.2, -0.15) is 10.4 Å². The van der Waals surface area contributed by atoms with Gasteiger partial charge in [0.2, 0.25) is 5.91 Å². The van der Waals surface area contributed by atoms with Crippen molar-refractivity contribution in [1.29, 1.82) is 5.26 Å². The second-order valence-corrected chi connectivity index (χ2v) is 4.10. The monoisotopic (exact) mass is 270 g/mol. The van der Waals surface area contributed by atoms with Gasteiger partial charge in [0.25, 0.3) is 0 Å². The van der Waals surface area contributed by atoms with Crippen LogP contribution in [0.4, 0.5) is 5.82 Å². The number of aromatic nitrogens is 2. The number of para-hydroxylation sites is 1. The Kier molecular flexibility index (Phi) is 4.35. The summed E-state index contributed by atoms with van der Waals surface area (Å²) in [5.41, 5.74) is 0.338. The Bertz CT molecular complexity index is 628. The third-order valence-corrected chi connectivity index (χ3v) is 2.66. The lowest BCUT2D eigenvalue weighted by atomic mass is 10.3. The fourth-order valence-electron chi connectivity index (χ4n) is 1.64. The zero-order valence-corrected chi connectivity index (χ0v) is 11.0. The predicted molar refractivity (Wildman–Crippen MR) is 73.1 cm³/mol. The van der Waals surface area contributed by atoms with E-state index in [9.17, 15) is 4.79 Å². The lowest BCUT2D eigenvalue weighted by Crippen LogP contribution is -2.17. The highest BCUT2D eigenvalue weighted by Gasteiger charge is 2.11. The molecule has 0 aliphatic rings. The molecule has 2 rings (SSSR count). The topological polar surface area (TPSA) is 79.9 Å². The van der Waals surface area contributed by atoms with E-state index in [0.717, 1.165) is 5.75 Å². The van der Waals surface area contributed by atoms with Crippen LogP contribution < -0.4 is 10.1 Å². The number of ether oxygens (including phenoxy) is 1. The van der Waals surface area contributed by atoms with Gasteiger partial charge in [-0.15, -0.1) is 0 Å². The van der Waals surface area contributed by atoms with Crippen molar-refractivity contribution >= 4 is 11.7 Å². The Morgan fingerprint density at radius 1 is 1.45 bits per heavy atom. The Morgan fingerprint density at radius 3 is 2.90 bits per heavy atom. The summed E-state index contributed by atoms with van der Waals surface area (Å²) in [6, 6.07) is 11.3. The zero-order chi connectivity index (χ0) is 14.4. The predicted octanol–water partition coefficient (Wildman–Crippen LogP) is 1.70. The van der Waals surface area contributed by atoms with Crippen LogP contribution in [0, 0.1) is 11.3 Å². The molecule has 1 aromatic carbocycles. The normalized spacial score (nSPS) is 9.80. The molecule has 1 heterocycles. The van der Waals surface area contributed by atoms with Crippen molar-refractivity contribution in [3.8, 4) is 11.8 Å². The number of hydrogen-bond acceptors (Lipinski definition) is 4. The minimum absolute atomic E-state index is 0.199. The van der Waals surface area contributed by atoms with Crippen LogP contribution in [-0.4, -0.2) is 22.3 Å². The molecule has 2 aromatic rings. The molecule has 0 bridgehead atoms. The van der Waals surface area contributed by atoms with Gasteiger partial charge in [-0.25, -0.2) is 0 Å². The summed E-state index contributed by atoms with van der Waals surface area (Å²) in [5, 5.41) is 15.5. The molecule has 1 amide bonds. The molecule has 0 aliphatic carbocycles. The molecule has 6 heteroatoms. The highest BCUT2D eigenvalue weighted by molar-refractivity contribution is 5.91. The summed E-state index contributed by atoms with van der Waals surface area (Å²) >= 11 is 0. The van der Waals surface area contributed by atoms with Crippen LogP contribution in [0.1, 0.15) is 12.0 Å². The van der Waals surface area contributed by atoms with E-state index in [1.54, 1.807) is 7.05 Å². The third-order valence-electron chi connectivity index (χ3n) is 2.66. The maximum Gasteiger partial charge on any atom is 0.228 e. The molecule has 0 saturated carbocycles. The number of nitrogens with one attached hydrogen (secondary N) is 1. The van der Waals surface area contributed by atoms with Crippen molar-refractivity contribution in [3.05, 3.63) is 42.1 Å². The average molecular weight is 270 g/mol. The lowest BCUT2D eigenvalue weighted by Gasteiger charge is -2.07. The molecule has 0 fully saturated rings. The quantitative estimate of drug-likeness (QED) is 0.896. The smallest absolute Gasteiger partial charge is 0.228 e. The second-order valence-electron chi connectivity index (χ2n) is 4.10. The Balaban J connectivity index is 1.84. The minimum Gasteiger partial charge on any atom is -0.493 e. The third kappa shape index (κ3) is 3.36. The number of benzene rings is 1. The van der Waals surface area contributed by atoms with Gasteiger partial charge in [-0.3, -0.25) is 9.48 Å². The number of aryl methyl sites for hydroxylation is 1. The van der Waals surface area contributed by atoms with Crippen LogP contribution in [-0.2, 0) is 11.8 Å². The number of nitrogens with zero attached hydrogens (tertiary/aromatic N) is 3. The fourth-order valence-corrected chi connectivity index (χ4v) is 1.64. The molecule has 0 aliphatic heterocycles. The number of hydrogen-bond donors (Lipinski definition) is 1. The van der Waals surface area contributed by atoms with Gasteiger partial charge in [0.05, 0.1) is 19.2 Å². The molecule has 102 valence electrons. The van der Waals surface area contributed by atoms with E-state index in [1.165, 1.54) is 10.9 Å². The van der Waals surface area contributed by atoms with E-state index in [-0.39, 0.29) is 18.9 Å². The molecule has 20 heavy (non-hydrogen) atoms. The van der Waals surface area contributed by atoms with Crippen molar-refractivity contribution in [3.63, 3.8) is 0 Å². The molecule has 0 spiro atoms. The number of amides is 1. The molecule has 1 N–H and O–H groups in total. The van der Waals surface area contributed by atoms with E-state index >= 15 is 0 Å². The van der Waals surface area contributed by atoms with E-state index in [0.29, 0.717) is 11.4 Å². The van der Waals surface area contributed by atoms with Gasteiger partial charge in [-0.1, -0.05) is 18.2 Å². The van der Waals surface area contributed by atoms with Crippen LogP contribution >= 0.6 is 0 Å². The summed E-state index contributed by atoms with van der Waals surface area (Å²) in [4.78, 5) is 11.8. The first-order valence-electron chi connectivity index (χ1n) is 6.10. The first kappa shape index (κ1) is 13.6. The highest BCUT2D eigenvalue weighted by atomic mass is 16.5. The van der Waals surface area contributed by atoms with E-state index in [2.05, 4.69) is 10.4 Å². The summed E-state index contributed by atoms with van der Waals surface area (Å²) in [6.07, 6.45) is 1.61. The Labute approximate surface area is 116 Å². The van der Waals surface area contributed by atoms with Gasteiger partial charge < -0.3 is 10.1 Å². The molecule has 0 saturated heterocycles. The van der Waals surface area contributed by atoms with Crippen LogP contribution in [0.2, 0.25) is 0 Å². The fraction of sp³-hybridized carbons (Fsp3) is 0.214. The molecule has 1 aromatic heterocycles. The largest absolute Gasteiger partial charge is 0.493 e. The van der Waals surface area contributed by atoms with Crippen molar-refractivity contribution in [2.75, 3.05) is 11.9 Å². The standard InChI is InChI=1S/C14H14N4O2/c1-18-14(11(9-15)10-16-18)17-13(19)7-8-20-12-5-3-2-4-6-12/h2-6,10H,7-8H2,1H3,(H,17,19). The first-order valence-corrected chi connectivity index (χ1v) is 6.10. The van der Waals surface area contributed by atoms with Crippen LogP contribution in [0.5, 0.6) is 5.75 Å². The minimum atomic E-state index is -0.221. The molecule has 0 unspecified atom stereocenters. The second kappa shape index (κ2) is 6.38. The maximum atomic E-state index is 11.8. The number of nitriles is 1. The van der Waals surface area contributed by atoms with Crippen LogP contribution in [0.25, 0.3) is 0 Å².